The summed E-state index contributed by atoms with van der Waals surface area (Å²) < 4.78 is 6.36. The summed E-state index contributed by atoms with van der Waals surface area (Å²) in [5, 5.41) is 23.4. The molecule has 3 aromatic carbocycles. The van der Waals surface area contributed by atoms with E-state index in [0.29, 0.717) is 13.0 Å². The van der Waals surface area contributed by atoms with Gasteiger partial charge in [0.2, 0.25) is 11.8 Å². The number of hydrogen-bond acceptors (Lipinski definition) is 6. The van der Waals surface area contributed by atoms with Gasteiger partial charge >= 0.3 is 0 Å². The smallest absolute Gasteiger partial charge is 0.271 e. The summed E-state index contributed by atoms with van der Waals surface area (Å²) in [6.45, 7) is 6.72. The van der Waals surface area contributed by atoms with Crippen molar-refractivity contribution in [2.75, 3.05) is 11.5 Å². The monoisotopic (exact) mass is 566 g/mol. The molecule has 6 rings (SSSR count). The van der Waals surface area contributed by atoms with Crippen LogP contribution in [-0.2, 0) is 14.3 Å². The molecule has 8 heteroatoms. The lowest BCUT2D eigenvalue weighted by Crippen LogP contribution is -2.35. The van der Waals surface area contributed by atoms with Gasteiger partial charge in [0.05, 0.1) is 35.2 Å². The van der Waals surface area contributed by atoms with Crippen LogP contribution in [-0.4, -0.2) is 34.6 Å². The Labute approximate surface area is 244 Å². The summed E-state index contributed by atoms with van der Waals surface area (Å²) in [6, 6.07) is 17.2. The van der Waals surface area contributed by atoms with Crippen LogP contribution in [0.3, 0.4) is 0 Å². The van der Waals surface area contributed by atoms with Crippen molar-refractivity contribution in [3.05, 3.63) is 93.1 Å². The van der Waals surface area contributed by atoms with E-state index in [9.17, 15) is 24.8 Å². The van der Waals surface area contributed by atoms with Gasteiger partial charge in [-0.2, -0.15) is 0 Å². The van der Waals surface area contributed by atoms with Gasteiger partial charge in [-0.1, -0.05) is 67.5 Å². The van der Waals surface area contributed by atoms with Gasteiger partial charge in [0, 0.05) is 23.4 Å². The van der Waals surface area contributed by atoms with Crippen molar-refractivity contribution < 1.29 is 24.4 Å². The zero-order chi connectivity index (χ0) is 29.7. The number of anilines is 1. The first-order valence-corrected chi connectivity index (χ1v) is 14.5. The number of non-ortho nitro benzene ring substituents is 1. The Bertz CT molecular complexity index is 1670. The maximum atomic E-state index is 13.8. The van der Waals surface area contributed by atoms with E-state index in [4.69, 9.17) is 4.74 Å². The second-order valence-corrected chi connectivity index (χ2v) is 11.9. The van der Waals surface area contributed by atoms with Gasteiger partial charge in [0.15, 0.2) is 0 Å². The second kappa shape index (κ2) is 10.8. The molecule has 2 saturated heterocycles. The molecule has 42 heavy (non-hydrogen) atoms. The van der Waals surface area contributed by atoms with Gasteiger partial charge in [-0.15, -0.1) is 0 Å². The Morgan fingerprint density at radius 1 is 1.07 bits per heavy atom. The quantitative estimate of drug-likeness (QED) is 0.146. The van der Waals surface area contributed by atoms with Crippen LogP contribution in [0.4, 0.5) is 11.4 Å². The molecule has 0 spiro atoms. The number of phenols is 1. The number of amides is 2. The van der Waals surface area contributed by atoms with Crippen molar-refractivity contribution in [1.29, 1.82) is 0 Å². The van der Waals surface area contributed by atoms with Crippen molar-refractivity contribution in [3.63, 3.8) is 0 Å². The number of allylic oxidation sites excluding steroid dienone is 2. The fourth-order valence-corrected chi connectivity index (χ4v) is 7.09. The largest absolute Gasteiger partial charge is 0.507 e. The van der Waals surface area contributed by atoms with Crippen LogP contribution in [0.25, 0.3) is 16.8 Å². The molecule has 216 valence electrons. The third kappa shape index (κ3) is 4.69. The average molecular weight is 567 g/mol. The molecule has 2 aliphatic heterocycles. The normalized spacial score (nSPS) is 24.1. The molecular formula is C34H34N2O6. The van der Waals surface area contributed by atoms with Crippen molar-refractivity contribution in [1.82, 2.24) is 0 Å². The number of ether oxygens (including phenoxy) is 1. The highest BCUT2D eigenvalue weighted by molar-refractivity contribution is 6.22. The van der Waals surface area contributed by atoms with Gasteiger partial charge in [-0.3, -0.25) is 19.7 Å². The average Bonchev–Trinajstić information content (AvgIpc) is 3.51. The van der Waals surface area contributed by atoms with Crippen LogP contribution < -0.4 is 4.90 Å². The molecule has 2 fully saturated rings. The first kappa shape index (κ1) is 27.8. The molecule has 0 unspecified atom stereocenters. The predicted molar refractivity (Wildman–Crippen MR) is 161 cm³/mol. The number of hydrogen-bond donors (Lipinski definition) is 1. The van der Waals surface area contributed by atoms with Gasteiger partial charge in [0.1, 0.15) is 5.75 Å². The van der Waals surface area contributed by atoms with Crippen LogP contribution in [0, 0.1) is 33.8 Å². The van der Waals surface area contributed by atoms with Gasteiger partial charge in [0.25, 0.3) is 5.69 Å². The van der Waals surface area contributed by atoms with E-state index >= 15 is 0 Å². The molecule has 1 N–H and O–H groups in total. The third-order valence-corrected chi connectivity index (χ3v) is 9.08. The highest BCUT2D eigenvalue weighted by Crippen LogP contribution is 2.52. The number of rotatable bonds is 7. The number of benzene rings is 3. The highest BCUT2D eigenvalue weighted by Gasteiger charge is 2.57. The summed E-state index contributed by atoms with van der Waals surface area (Å²) >= 11 is 0. The first-order valence-electron chi connectivity index (χ1n) is 14.5. The molecule has 2 amide bonds. The van der Waals surface area contributed by atoms with Crippen LogP contribution in [0.1, 0.15) is 45.6 Å². The van der Waals surface area contributed by atoms with Crippen LogP contribution in [0.2, 0.25) is 0 Å². The minimum atomic E-state index is -0.528. The van der Waals surface area contributed by atoms with Crippen molar-refractivity contribution in [2.45, 2.75) is 46.1 Å². The number of fused-ring (bicyclic) bond motifs is 4. The summed E-state index contributed by atoms with van der Waals surface area (Å²) in [7, 11) is 0. The molecule has 0 bridgehead atoms. The summed E-state index contributed by atoms with van der Waals surface area (Å²) in [4.78, 5) is 39.4. The number of aromatic hydroxyl groups is 1. The van der Waals surface area contributed by atoms with E-state index < -0.39 is 16.8 Å². The number of carbonyl (C=O) groups is 2. The van der Waals surface area contributed by atoms with E-state index in [1.165, 1.54) is 29.3 Å². The Hall–Kier alpha value is -4.30. The Balaban J connectivity index is 1.25. The minimum absolute atomic E-state index is 0.136. The first-order chi connectivity index (χ1) is 20.2. The number of nitro groups is 1. The number of imide groups is 1. The molecular weight excluding hydrogens is 532 g/mol. The maximum Gasteiger partial charge on any atom is 0.271 e. The van der Waals surface area contributed by atoms with Crippen molar-refractivity contribution in [3.8, 4) is 5.75 Å². The lowest BCUT2D eigenvalue weighted by Gasteiger charge is -2.33. The molecule has 1 aliphatic carbocycles. The van der Waals surface area contributed by atoms with Gasteiger partial charge < -0.3 is 9.84 Å². The zero-order valence-electron chi connectivity index (χ0n) is 23.9. The molecule has 4 atom stereocenters. The minimum Gasteiger partial charge on any atom is -0.507 e. The molecule has 3 aliphatic rings. The maximum absolute atomic E-state index is 13.8. The van der Waals surface area contributed by atoms with Crippen LogP contribution in [0.5, 0.6) is 5.75 Å². The Morgan fingerprint density at radius 2 is 1.83 bits per heavy atom. The summed E-state index contributed by atoms with van der Waals surface area (Å²) in [6.07, 6.45) is 4.07. The second-order valence-electron chi connectivity index (χ2n) is 11.9. The third-order valence-electron chi connectivity index (χ3n) is 9.08. The number of nitro benzene ring substituents is 1. The van der Waals surface area contributed by atoms with E-state index in [1.54, 1.807) is 12.1 Å². The van der Waals surface area contributed by atoms with Crippen LogP contribution >= 0.6 is 0 Å². The molecule has 0 aromatic heterocycles. The molecule has 0 radical (unpaired) electrons. The molecule has 2 heterocycles. The standard InChI is InChI=1S/C34H34N2O6/c1-19(2)26-17-27-32(34(39)35(33(27)38)22-7-6-8-23(16-22)36(40)41)28-18-42-30(31(26)28)14-11-20(3)15-21-12-13-29(37)25-10-5-4-9-24(21)25/h4-10,12-13,15-16,19,27-28,30,32,37H,11,14,17-18H2,1-3H3/b20-15+/t27-,28+,30-,32-/m1/s1. The van der Waals surface area contributed by atoms with Gasteiger partial charge in [-0.05, 0) is 60.8 Å². The van der Waals surface area contributed by atoms with Crippen molar-refractivity contribution in [2.24, 2.45) is 23.7 Å². The summed E-state index contributed by atoms with van der Waals surface area (Å²) in [5.41, 5.74) is 4.68. The molecule has 3 aromatic rings. The van der Waals surface area contributed by atoms with E-state index in [2.05, 4.69) is 26.8 Å². The van der Waals surface area contributed by atoms with E-state index in [0.717, 1.165) is 39.7 Å². The fraction of sp³-hybridized carbons (Fsp3) is 0.353. The Morgan fingerprint density at radius 3 is 2.57 bits per heavy atom. The number of nitrogens with zero attached hydrogens (tertiary/aromatic N) is 2. The van der Waals surface area contributed by atoms with E-state index in [1.807, 2.05) is 30.3 Å². The topological polar surface area (TPSA) is 110 Å². The molecule has 8 nitrogen and oxygen atoms in total. The number of phenolic OH excluding ortho intramolecular Hbond substituents is 1. The highest BCUT2D eigenvalue weighted by atomic mass is 16.6. The zero-order valence-corrected chi connectivity index (χ0v) is 23.9. The lowest BCUT2D eigenvalue weighted by molar-refractivity contribution is -0.384. The lowest BCUT2D eigenvalue weighted by atomic mass is 9.67. The van der Waals surface area contributed by atoms with E-state index in [-0.39, 0.29) is 46.9 Å². The molecule has 0 saturated carbocycles. The number of carbonyl (C=O) groups excluding carboxylic acids is 2. The SMILES string of the molecule is C/C(=C\c1ccc(O)c2ccccc12)CC[C@H]1OC[C@H]2C1=C(C(C)C)C[C@H]1C(=O)N(c3cccc([N+](=O)[O-])c3)C(=O)[C@H]12. The predicted octanol–water partition coefficient (Wildman–Crippen LogP) is 6.81. The Kier molecular flexibility index (Phi) is 7.19. The van der Waals surface area contributed by atoms with Gasteiger partial charge in [-0.25, -0.2) is 4.90 Å². The van der Waals surface area contributed by atoms with Crippen molar-refractivity contribution >= 4 is 40.0 Å². The fourth-order valence-electron chi connectivity index (χ4n) is 7.09. The van der Waals surface area contributed by atoms with Crippen LogP contribution in [0.15, 0.2) is 77.4 Å². The summed E-state index contributed by atoms with van der Waals surface area (Å²) in [5.74, 6) is -1.33.